The summed E-state index contributed by atoms with van der Waals surface area (Å²) in [5, 5.41) is 11.7. The molecule has 0 atom stereocenters. The molecular formula is C39H31N2O2Pt-. The number of nitrogens with zero attached hydrogens (tertiary/aromatic N) is 2. The van der Waals surface area contributed by atoms with Gasteiger partial charge in [-0.1, -0.05) is 106 Å². The van der Waals surface area contributed by atoms with Crippen molar-refractivity contribution in [2.24, 2.45) is 0 Å². The van der Waals surface area contributed by atoms with Crippen LogP contribution >= 0.6 is 0 Å². The van der Waals surface area contributed by atoms with Crippen molar-refractivity contribution in [1.82, 2.24) is 9.97 Å². The summed E-state index contributed by atoms with van der Waals surface area (Å²) in [6.07, 6.45) is 1.85. The van der Waals surface area contributed by atoms with Crippen LogP contribution in [0.2, 0.25) is 0 Å². The zero-order chi connectivity index (χ0) is 29.7. The predicted octanol–water partition coefficient (Wildman–Crippen LogP) is 10.2. The van der Waals surface area contributed by atoms with Gasteiger partial charge in [0.25, 0.3) is 0 Å². The summed E-state index contributed by atoms with van der Waals surface area (Å²) in [5.74, 6) is 0.502. The fraction of sp³-hybridized carbons (Fsp3) is 0.128. The molecule has 7 aromatic rings. The maximum atomic E-state index is 10.6. The fourth-order valence-electron chi connectivity index (χ4n) is 5.64. The molecule has 0 aliphatic heterocycles. The van der Waals surface area contributed by atoms with E-state index < -0.39 is 0 Å². The molecule has 220 valence electrons. The van der Waals surface area contributed by atoms with Crippen LogP contribution in [0.5, 0.6) is 5.75 Å². The number of fused-ring (bicyclic) bond motifs is 2. The number of phenolic OH excluding ortho intramolecular Hbond substituents is 1. The zero-order valence-corrected chi connectivity index (χ0v) is 27.2. The Bertz CT molecular complexity index is 2140. The van der Waals surface area contributed by atoms with E-state index in [2.05, 4.69) is 82.3 Å². The number of aromatic hydroxyl groups is 1. The van der Waals surface area contributed by atoms with E-state index in [1.54, 1.807) is 12.1 Å². The fourth-order valence-corrected chi connectivity index (χ4v) is 5.64. The summed E-state index contributed by atoms with van der Waals surface area (Å²) in [7, 11) is 0. The van der Waals surface area contributed by atoms with Gasteiger partial charge in [-0.25, -0.2) is 4.98 Å². The molecule has 7 rings (SSSR count). The molecule has 2 aromatic heterocycles. The van der Waals surface area contributed by atoms with Crippen LogP contribution in [0.1, 0.15) is 31.9 Å². The number of hydrogen-bond donors (Lipinski definition) is 1. The minimum Gasteiger partial charge on any atom is -0.507 e. The molecule has 5 heteroatoms. The van der Waals surface area contributed by atoms with E-state index in [4.69, 9.17) is 14.4 Å². The number of pyridine rings is 1. The standard InChI is InChI=1S/C39H31N2O2.Pt/c1-24-17-28(19-29(18-24)33-23-30(39(2,3)4)20-26-13-10-16-40-36(26)33)32-21-27(25-11-6-5-7-12-25)22-35-37(32)41-38(43-35)31-14-8-9-15-34(31)42;/h5-18,20-23,42H,1-4H3;/q-1;. The van der Waals surface area contributed by atoms with Crippen LogP contribution in [0, 0.1) is 13.0 Å². The second-order valence-corrected chi connectivity index (χ2v) is 12.1. The predicted molar refractivity (Wildman–Crippen MR) is 175 cm³/mol. The van der Waals surface area contributed by atoms with Crippen molar-refractivity contribution in [2.75, 3.05) is 0 Å². The van der Waals surface area contributed by atoms with Gasteiger partial charge in [-0.05, 0) is 51.8 Å². The van der Waals surface area contributed by atoms with E-state index in [-0.39, 0.29) is 32.2 Å². The molecule has 4 nitrogen and oxygen atoms in total. The van der Waals surface area contributed by atoms with Crippen LogP contribution in [0.4, 0.5) is 0 Å². The Hall–Kier alpha value is -4.53. The molecule has 0 spiro atoms. The van der Waals surface area contributed by atoms with Crippen molar-refractivity contribution < 1.29 is 30.6 Å². The average molecular weight is 755 g/mol. The van der Waals surface area contributed by atoms with Gasteiger partial charge in [0.15, 0.2) is 0 Å². The number of benzene rings is 5. The molecule has 1 N–H and O–H groups in total. The quantitative estimate of drug-likeness (QED) is 0.182. The maximum absolute atomic E-state index is 10.6. The van der Waals surface area contributed by atoms with Gasteiger partial charge in [-0.15, -0.1) is 34.9 Å². The Labute approximate surface area is 271 Å². The van der Waals surface area contributed by atoms with E-state index in [1.165, 1.54) is 5.56 Å². The molecule has 2 heterocycles. The third kappa shape index (κ3) is 5.47. The van der Waals surface area contributed by atoms with Crippen LogP contribution in [0.25, 0.3) is 66.8 Å². The molecule has 0 bridgehead atoms. The molecule has 44 heavy (non-hydrogen) atoms. The number of aromatic nitrogens is 2. The maximum Gasteiger partial charge on any atom is 0.230 e. The van der Waals surface area contributed by atoms with Crippen LogP contribution in [0.3, 0.4) is 0 Å². The Morgan fingerprint density at radius 3 is 2.14 bits per heavy atom. The number of para-hydroxylation sites is 1. The molecule has 0 fully saturated rings. The van der Waals surface area contributed by atoms with Crippen molar-refractivity contribution in [3.8, 4) is 50.6 Å². The van der Waals surface area contributed by atoms with Crippen molar-refractivity contribution in [1.29, 1.82) is 0 Å². The van der Waals surface area contributed by atoms with E-state index in [0.29, 0.717) is 17.0 Å². The SMILES string of the molecule is Cc1cc(-c2cc(C(C)(C)C)cc3cccnc23)[c-]c(-c2cc(-c3ccccc3)cc3oc(-c4ccccc4O)nc23)c1.[Pt]. The molecule has 0 saturated heterocycles. The minimum atomic E-state index is -0.0261. The smallest absolute Gasteiger partial charge is 0.230 e. The summed E-state index contributed by atoms with van der Waals surface area (Å²) in [4.78, 5) is 9.71. The first-order valence-corrected chi connectivity index (χ1v) is 14.5. The normalized spacial score (nSPS) is 11.5. The van der Waals surface area contributed by atoms with E-state index in [9.17, 15) is 5.11 Å². The van der Waals surface area contributed by atoms with Crippen molar-refractivity contribution in [3.05, 3.63) is 127 Å². The molecular weight excluding hydrogens is 724 g/mol. The second kappa shape index (κ2) is 11.5. The number of oxazole rings is 1. The first-order valence-electron chi connectivity index (χ1n) is 14.5. The topological polar surface area (TPSA) is 59.2 Å². The minimum absolute atomic E-state index is 0. The molecule has 5 aromatic carbocycles. The average Bonchev–Trinajstić information content (AvgIpc) is 3.44. The van der Waals surface area contributed by atoms with Crippen molar-refractivity contribution >= 4 is 22.0 Å². The summed E-state index contributed by atoms with van der Waals surface area (Å²) in [5.41, 5.74) is 11.2. The molecule has 0 amide bonds. The van der Waals surface area contributed by atoms with Crippen molar-refractivity contribution in [2.45, 2.75) is 33.1 Å². The van der Waals surface area contributed by atoms with Gasteiger partial charge >= 0.3 is 0 Å². The molecule has 0 aliphatic rings. The Balaban J connectivity index is 0.00000343. The zero-order valence-electron chi connectivity index (χ0n) is 25.0. The van der Waals surface area contributed by atoms with Gasteiger partial charge < -0.3 is 9.52 Å². The Morgan fingerprint density at radius 2 is 1.41 bits per heavy atom. The second-order valence-electron chi connectivity index (χ2n) is 12.1. The van der Waals surface area contributed by atoms with Gasteiger partial charge in [-0.3, -0.25) is 4.98 Å². The first-order chi connectivity index (χ1) is 20.7. The number of rotatable bonds is 4. The van der Waals surface area contributed by atoms with Crippen molar-refractivity contribution in [3.63, 3.8) is 0 Å². The largest absolute Gasteiger partial charge is 0.507 e. The molecule has 0 unspecified atom stereocenters. The summed E-state index contributed by atoms with van der Waals surface area (Å²) < 4.78 is 6.32. The number of aryl methyl sites for hydroxylation is 1. The van der Waals surface area contributed by atoms with Gasteiger partial charge in [-0.2, -0.15) is 0 Å². The monoisotopic (exact) mass is 754 g/mol. The Morgan fingerprint density at radius 1 is 0.705 bits per heavy atom. The van der Waals surface area contributed by atoms with Gasteiger partial charge in [0.05, 0.1) is 11.1 Å². The summed E-state index contributed by atoms with van der Waals surface area (Å²) >= 11 is 0. The van der Waals surface area contributed by atoms with Gasteiger partial charge in [0.1, 0.15) is 11.3 Å². The van der Waals surface area contributed by atoms with Crippen LogP contribution < -0.4 is 0 Å². The molecule has 0 radical (unpaired) electrons. The van der Waals surface area contributed by atoms with Gasteiger partial charge in [0.2, 0.25) is 5.89 Å². The van der Waals surface area contributed by atoms with Crippen LogP contribution in [-0.4, -0.2) is 15.1 Å². The first kappa shape index (κ1) is 29.5. The third-order valence-corrected chi connectivity index (χ3v) is 7.90. The van der Waals surface area contributed by atoms with Gasteiger partial charge in [0, 0.05) is 32.8 Å². The molecule has 0 aliphatic carbocycles. The van der Waals surface area contributed by atoms with E-state index in [1.807, 2.05) is 48.7 Å². The number of phenols is 1. The van der Waals surface area contributed by atoms with Crippen LogP contribution in [-0.2, 0) is 26.5 Å². The summed E-state index contributed by atoms with van der Waals surface area (Å²) in [6, 6.07) is 38.2. The number of hydrogen-bond acceptors (Lipinski definition) is 4. The summed E-state index contributed by atoms with van der Waals surface area (Å²) in [6.45, 7) is 8.81. The van der Waals surface area contributed by atoms with E-state index >= 15 is 0 Å². The molecule has 0 saturated carbocycles. The van der Waals surface area contributed by atoms with E-state index in [0.717, 1.165) is 55.4 Å². The Kier molecular flexibility index (Phi) is 7.73. The third-order valence-electron chi connectivity index (χ3n) is 7.90. The van der Waals surface area contributed by atoms with Crippen LogP contribution in [0.15, 0.2) is 114 Å².